The van der Waals surface area contributed by atoms with Crippen molar-refractivity contribution in [1.82, 2.24) is 0 Å². The van der Waals surface area contributed by atoms with Crippen LogP contribution in [0.5, 0.6) is 0 Å². The first-order valence-electron chi connectivity index (χ1n) is 9.87. The third-order valence-electron chi connectivity index (χ3n) is 5.44. The number of esters is 1. The minimum absolute atomic E-state index is 0.254. The molecule has 29 heavy (non-hydrogen) atoms. The molecule has 3 rings (SSSR count). The highest BCUT2D eigenvalue weighted by Crippen LogP contribution is 2.48. The van der Waals surface area contributed by atoms with E-state index in [1.165, 1.54) is 7.11 Å². The van der Waals surface area contributed by atoms with Crippen LogP contribution in [0, 0.1) is 5.41 Å². The first-order valence-corrected chi connectivity index (χ1v) is 9.87. The first kappa shape index (κ1) is 20.6. The van der Waals surface area contributed by atoms with Crippen LogP contribution in [0.1, 0.15) is 48.2 Å². The molecule has 2 aromatic rings. The summed E-state index contributed by atoms with van der Waals surface area (Å²) in [5.74, 6) is -1.25. The highest BCUT2D eigenvalue weighted by Gasteiger charge is 2.56. The Hall–Kier alpha value is -3.15. The predicted octanol–water partition coefficient (Wildman–Crippen LogP) is 3.96. The maximum Gasteiger partial charge on any atom is 0.339 e. The fourth-order valence-corrected chi connectivity index (χ4v) is 3.44. The summed E-state index contributed by atoms with van der Waals surface area (Å²) in [6, 6.07) is 12.6. The molecule has 2 N–H and O–H groups in total. The molecule has 1 aliphatic rings. The molecule has 6 heteroatoms. The van der Waals surface area contributed by atoms with Gasteiger partial charge >= 0.3 is 5.97 Å². The van der Waals surface area contributed by atoms with E-state index in [0.717, 1.165) is 29.7 Å². The number of carbonyl (C=O) groups is 3. The average molecular weight is 394 g/mol. The van der Waals surface area contributed by atoms with Crippen molar-refractivity contribution in [2.24, 2.45) is 5.41 Å². The molecule has 1 saturated carbocycles. The van der Waals surface area contributed by atoms with Gasteiger partial charge in [0.05, 0.1) is 18.4 Å². The number of para-hydroxylation sites is 2. The Balaban J connectivity index is 1.82. The molecule has 0 atom stereocenters. The lowest BCUT2D eigenvalue weighted by atomic mass is 10.00. The summed E-state index contributed by atoms with van der Waals surface area (Å²) in [5, 5.41) is 5.76. The largest absolute Gasteiger partial charge is 0.465 e. The van der Waals surface area contributed by atoms with Crippen LogP contribution in [0.2, 0.25) is 0 Å². The van der Waals surface area contributed by atoms with Gasteiger partial charge in [-0.1, -0.05) is 44.2 Å². The van der Waals surface area contributed by atoms with E-state index in [2.05, 4.69) is 10.6 Å². The van der Waals surface area contributed by atoms with Gasteiger partial charge in [-0.05, 0) is 48.9 Å². The molecular weight excluding hydrogens is 368 g/mol. The number of anilines is 2. The first-order chi connectivity index (χ1) is 14.0. The standard InChI is InChI=1S/C23H26N2O4/c1-4-15-9-8-10-16(5-2)19(15)25-22(28)23(13-14-23)21(27)24-18-12-7-6-11-17(18)20(26)29-3/h6-12H,4-5,13-14H2,1-3H3,(H,24,27)(H,25,28). The number of rotatable bonds is 7. The number of ether oxygens (including phenoxy) is 1. The van der Waals surface area contributed by atoms with Crippen molar-refractivity contribution in [3.63, 3.8) is 0 Å². The zero-order valence-corrected chi connectivity index (χ0v) is 17.0. The van der Waals surface area contributed by atoms with Crippen LogP contribution in [0.15, 0.2) is 42.5 Å². The zero-order valence-electron chi connectivity index (χ0n) is 17.0. The number of benzene rings is 2. The minimum atomic E-state index is -1.12. The lowest BCUT2D eigenvalue weighted by molar-refractivity contribution is -0.131. The van der Waals surface area contributed by atoms with Gasteiger partial charge in [0.15, 0.2) is 0 Å². The van der Waals surface area contributed by atoms with Crippen LogP contribution in [-0.2, 0) is 27.2 Å². The summed E-state index contributed by atoms with van der Waals surface area (Å²) >= 11 is 0. The lowest BCUT2D eigenvalue weighted by Crippen LogP contribution is -2.36. The van der Waals surface area contributed by atoms with Crippen LogP contribution >= 0.6 is 0 Å². The number of hydrogen-bond donors (Lipinski definition) is 2. The quantitative estimate of drug-likeness (QED) is 0.550. The molecule has 6 nitrogen and oxygen atoms in total. The van der Waals surface area contributed by atoms with Crippen molar-refractivity contribution in [3.8, 4) is 0 Å². The molecule has 0 saturated heterocycles. The Morgan fingerprint density at radius 2 is 1.48 bits per heavy atom. The van der Waals surface area contributed by atoms with Crippen molar-refractivity contribution in [2.45, 2.75) is 39.5 Å². The molecule has 1 fully saturated rings. The van der Waals surface area contributed by atoms with E-state index >= 15 is 0 Å². The number of nitrogens with one attached hydrogen (secondary N) is 2. The van der Waals surface area contributed by atoms with Crippen molar-refractivity contribution < 1.29 is 19.1 Å². The smallest absolute Gasteiger partial charge is 0.339 e. The molecule has 0 spiro atoms. The number of aryl methyl sites for hydroxylation is 2. The van der Waals surface area contributed by atoms with E-state index < -0.39 is 17.3 Å². The van der Waals surface area contributed by atoms with Gasteiger partial charge in [-0.2, -0.15) is 0 Å². The van der Waals surface area contributed by atoms with Gasteiger partial charge < -0.3 is 15.4 Å². The number of methoxy groups -OCH3 is 1. The monoisotopic (exact) mass is 394 g/mol. The van der Waals surface area contributed by atoms with E-state index in [9.17, 15) is 14.4 Å². The van der Waals surface area contributed by atoms with E-state index in [0.29, 0.717) is 18.5 Å². The second-order valence-corrected chi connectivity index (χ2v) is 7.19. The summed E-state index contributed by atoms with van der Waals surface area (Å²) in [7, 11) is 1.28. The van der Waals surface area contributed by atoms with Crippen LogP contribution in [0.4, 0.5) is 11.4 Å². The highest BCUT2D eigenvalue weighted by molar-refractivity contribution is 6.18. The maximum atomic E-state index is 13.1. The van der Waals surface area contributed by atoms with Crippen molar-refractivity contribution in [3.05, 3.63) is 59.2 Å². The number of hydrogen-bond acceptors (Lipinski definition) is 4. The molecule has 0 bridgehead atoms. The van der Waals surface area contributed by atoms with Crippen molar-refractivity contribution in [2.75, 3.05) is 17.7 Å². The van der Waals surface area contributed by atoms with Gasteiger partial charge in [-0.3, -0.25) is 9.59 Å². The Kier molecular flexibility index (Phi) is 6.01. The fourth-order valence-electron chi connectivity index (χ4n) is 3.44. The highest BCUT2D eigenvalue weighted by atomic mass is 16.5. The van der Waals surface area contributed by atoms with Crippen LogP contribution in [0.3, 0.4) is 0 Å². The van der Waals surface area contributed by atoms with Gasteiger partial charge in [0.2, 0.25) is 11.8 Å². The molecule has 0 heterocycles. The average Bonchev–Trinajstić information content (AvgIpc) is 3.56. The predicted molar refractivity (Wildman–Crippen MR) is 112 cm³/mol. The van der Waals surface area contributed by atoms with E-state index in [1.807, 2.05) is 32.0 Å². The lowest BCUT2D eigenvalue weighted by Gasteiger charge is -2.19. The summed E-state index contributed by atoms with van der Waals surface area (Å²) in [6.07, 6.45) is 2.52. The molecule has 0 radical (unpaired) electrons. The molecule has 1 aliphatic carbocycles. The van der Waals surface area contributed by atoms with Crippen LogP contribution < -0.4 is 10.6 Å². The van der Waals surface area contributed by atoms with Gasteiger partial charge in [0, 0.05) is 5.69 Å². The molecular formula is C23H26N2O4. The Labute approximate surface area is 170 Å². The molecule has 0 unspecified atom stereocenters. The van der Waals surface area contributed by atoms with Crippen molar-refractivity contribution in [1.29, 1.82) is 0 Å². The van der Waals surface area contributed by atoms with Gasteiger partial charge in [0.25, 0.3) is 0 Å². The SMILES string of the molecule is CCc1cccc(CC)c1NC(=O)C1(C(=O)Nc2ccccc2C(=O)OC)CC1. The summed E-state index contributed by atoms with van der Waals surface area (Å²) in [6.45, 7) is 4.07. The number of amides is 2. The molecule has 0 aromatic heterocycles. The fraction of sp³-hybridized carbons (Fsp3) is 0.348. The maximum absolute atomic E-state index is 13.1. The van der Waals surface area contributed by atoms with Gasteiger partial charge in [0.1, 0.15) is 5.41 Å². The number of carbonyl (C=O) groups excluding carboxylic acids is 3. The second kappa shape index (κ2) is 8.47. The van der Waals surface area contributed by atoms with E-state index in [1.54, 1.807) is 24.3 Å². The molecule has 2 aromatic carbocycles. The second-order valence-electron chi connectivity index (χ2n) is 7.19. The van der Waals surface area contributed by atoms with Gasteiger partial charge in [-0.15, -0.1) is 0 Å². The molecule has 2 amide bonds. The Morgan fingerprint density at radius 1 is 0.897 bits per heavy atom. The topological polar surface area (TPSA) is 84.5 Å². The summed E-state index contributed by atoms with van der Waals surface area (Å²) in [5.41, 5.74) is 2.37. The minimum Gasteiger partial charge on any atom is -0.465 e. The normalized spacial score (nSPS) is 14.0. The summed E-state index contributed by atoms with van der Waals surface area (Å²) in [4.78, 5) is 38.0. The Bertz CT molecular complexity index is 925. The third kappa shape index (κ3) is 4.01. The van der Waals surface area contributed by atoms with Crippen molar-refractivity contribution >= 4 is 29.2 Å². The third-order valence-corrected chi connectivity index (χ3v) is 5.44. The summed E-state index contributed by atoms with van der Waals surface area (Å²) < 4.78 is 4.77. The van der Waals surface area contributed by atoms with Crippen LogP contribution in [-0.4, -0.2) is 24.9 Å². The zero-order chi connectivity index (χ0) is 21.0. The van der Waals surface area contributed by atoms with E-state index in [-0.39, 0.29) is 11.5 Å². The van der Waals surface area contributed by atoms with Gasteiger partial charge in [-0.25, -0.2) is 4.79 Å². The van der Waals surface area contributed by atoms with E-state index in [4.69, 9.17) is 4.74 Å². The molecule has 152 valence electrons. The van der Waals surface area contributed by atoms with Crippen LogP contribution in [0.25, 0.3) is 0 Å². The molecule has 0 aliphatic heterocycles. The Morgan fingerprint density at radius 3 is 2.03 bits per heavy atom.